The summed E-state index contributed by atoms with van der Waals surface area (Å²) in [5, 5.41) is 1.05. The average molecular weight is 217 g/mol. The molecule has 3 heteroatoms. The highest BCUT2D eigenvalue weighted by molar-refractivity contribution is 5.99. The van der Waals surface area contributed by atoms with Crippen molar-refractivity contribution in [3.05, 3.63) is 35.5 Å². The molecule has 3 nitrogen and oxygen atoms in total. The molecule has 1 aromatic heterocycles. The van der Waals surface area contributed by atoms with Gasteiger partial charge in [-0.25, -0.2) is 0 Å². The van der Waals surface area contributed by atoms with Crippen molar-refractivity contribution in [1.29, 1.82) is 0 Å². The van der Waals surface area contributed by atoms with Gasteiger partial charge in [0.25, 0.3) is 0 Å². The minimum atomic E-state index is 0.649. The van der Waals surface area contributed by atoms with Gasteiger partial charge in [0.1, 0.15) is 0 Å². The molecule has 84 valence electrons. The number of aldehydes is 1. The summed E-state index contributed by atoms with van der Waals surface area (Å²) in [6, 6.07) is 6.07. The topological polar surface area (TPSA) is 31.2 Å². The second-order valence-corrected chi connectivity index (χ2v) is 3.86. The molecule has 2 aromatic rings. The Morgan fingerprint density at radius 3 is 2.94 bits per heavy atom. The van der Waals surface area contributed by atoms with E-state index in [-0.39, 0.29) is 0 Å². The standard InChI is InChI=1S/C13H15NO2/c1-10-4-3-5-12-13(10)11(9-15)8-14(12)6-7-16-2/h3-5,8-9H,6-7H2,1-2H3. The summed E-state index contributed by atoms with van der Waals surface area (Å²) < 4.78 is 7.12. The molecular weight excluding hydrogens is 202 g/mol. The monoisotopic (exact) mass is 217 g/mol. The van der Waals surface area contributed by atoms with Crippen LogP contribution in [0.25, 0.3) is 10.9 Å². The summed E-state index contributed by atoms with van der Waals surface area (Å²) in [6.45, 7) is 3.44. The van der Waals surface area contributed by atoms with Crippen LogP contribution < -0.4 is 0 Å². The minimum Gasteiger partial charge on any atom is -0.383 e. The van der Waals surface area contributed by atoms with Crippen molar-refractivity contribution in [2.75, 3.05) is 13.7 Å². The van der Waals surface area contributed by atoms with Crippen molar-refractivity contribution in [2.24, 2.45) is 0 Å². The Balaban J connectivity index is 2.59. The van der Waals surface area contributed by atoms with Crippen LogP contribution in [-0.2, 0) is 11.3 Å². The molecule has 0 saturated carbocycles. The molecule has 16 heavy (non-hydrogen) atoms. The van der Waals surface area contributed by atoms with Crippen LogP contribution in [0.3, 0.4) is 0 Å². The summed E-state index contributed by atoms with van der Waals surface area (Å²) in [7, 11) is 1.68. The first-order valence-electron chi connectivity index (χ1n) is 5.30. The van der Waals surface area contributed by atoms with Crippen LogP contribution in [0.4, 0.5) is 0 Å². The van der Waals surface area contributed by atoms with Gasteiger partial charge in [-0.3, -0.25) is 4.79 Å². The lowest BCUT2D eigenvalue weighted by Crippen LogP contribution is -2.02. The second-order valence-electron chi connectivity index (χ2n) is 3.86. The molecule has 1 aromatic carbocycles. The van der Waals surface area contributed by atoms with Crippen LogP contribution in [0.5, 0.6) is 0 Å². The molecule has 0 radical (unpaired) electrons. The highest BCUT2D eigenvalue weighted by atomic mass is 16.5. The van der Waals surface area contributed by atoms with E-state index in [0.717, 1.165) is 34.9 Å². The summed E-state index contributed by atoms with van der Waals surface area (Å²) in [6.07, 6.45) is 2.81. The predicted octanol–water partition coefficient (Wildman–Crippen LogP) is 2.41. The van der Waals surface area contributed by atoms with Crippen LogP contribution in [0.1, 0.15) is 15.9 Å². The number of hydrogen-bond acceptors (Lipinski definition) is 2. The molecule has 0 fully saturated rings. The Bertz CT molecular complexity index is 514. The Kier molecular flexibility index (Phi) is 3.06. The Morgan fingerprint density at radius 1 is 1.44 bits per heavy atom. The number of benzene rings is 1. The van der Waals surface area contributed by atoms with E-state index in [0.29, 0.717) is 6.61 Å². The van der Waals surface area contributed by atoms with Crippen LogP contribution in [0, 0.1) is 6.92 Å². The SMILES string of the molecule is COCCn1cc(C=O)c2c(C)cccc21. The number of nitrogens with zero attached hydrogens (tertiary/aromatic N) is 1. The fourth-order valence-electron chi connectivity index (χ4n) is 2.03. The van der Waals surface area contributed by atoms with Gasteiger partial charge in [0.05, 0.1) is 6.61 Å². The number of carbonyl (C=O) groups is 1. The molecule has 0 saturated heterocycles. The maximum Gasteiger partial charge on any atom is 0.152 e. The van der Waals surface area contributed by atoms with E-state index >= 15 is 0 Å². The zero-order chi connectivity index (χ0) is 11.5. The molecule has 2 rings (SSSR count). The lowest BCUT2D eigenvalue weighted by molar-refractivity contribution is 0.112. The number of rotatable bonds is 4. The predicted molar refractivity (Wildman–Crippen MR) is 63.9 cm³/mol. The van der Waals surface area contributed by atoms with Gasteiger partial charge in [0, 0.05) is 36.3 Å². The van der Waals surface area contributed by atoms with Crippen molar-refractivity contribution >= 4 is 17.2 Å². The molecule has 0 N–H and O–H groups in total. The zero-order valence-electron chi connectivity index (χ0n) is 9.56. The summed E-state index contributed by atoms with van der Waals surface area (Å²) in [5.74, 6) is 0. The van der Waals surface area contributed by atoms with E-state index in [1.165, 1.54) is 0 Å². The number of hydrogen-bond donors (Lipinski definition) is 0. The van der Waals surface area contributed by atoms with Crippen LogP contribution in [-0.4, -0.2) is 24.6 Å². The average Bonchev–Trinajstić information content (AvgIpc) is 2.66. The lowest BCUT2D eigenvalue weighted by atomic mass is 10.1. The summed E-state index contributed by atoms with van der Waals surface area (Å²) >= 11 is 0. The molecule has 0 amide bonds. The Labute approximate surface area is 94.6 Å². The number of aryl methyl sites for hydroxylation is 1. The third-order valence-electron chi connectivity index (χ3n) is 2.81. The minimum absolute atomic E-state index is 0.649. The van der Waals surface area contributed by atoms with Crippen molar-refractivity contribution in [2.45, 2.75) is 13.5 Å². The highest BCUT2D eigenvalue weighted by Gasteiger charge is 2.09. The van der Waals surface area contributed by atoms with Gasteiger partial charge in [0.2, 0.25) is 0 Å². The number of aromatic nitrogens is 1. The van der Waals surface area contributed by atoms with Gasteiger partial charge < -0.3 is 9.30 Å². The first kappa shape index (κ1) is 10.9. The molecule has 0 atom stereocenters. The van der Waals surface area contributed by atoms with Gasteiger partial charge in [-0.05, 0) is 18.6 Å². The number of ether oxygens (including phenoxy) is 1. The van der Waals surface area contributed by atoms with E-state index in [4.69, 9.17) is 4.74 Å². The number of methoxy groups -OCH3 is 1. The quantitative estimate of drug-likeness (QED) is 0.736. The van der Waals surface area contributed by atoms with Crippen LogP contribution in [0.2, 0.25) is 0 Å². The van der Waals surface area contributed by atoms with Crippen molar-refractivity contribution < 1.29 is 9.53 Å². The number of fused-ring (bicyclic) bond motifs is 1. The van der Waals surface area contributed by atoms with E-state index < -0.39 is 0 Å². The fourth-order valence-corrected chi connectivity index (χ4v) is 2.03. The second kappa shape index (κ2) is 4.49. The first-order chi connectivity index (χ1) is 7.77. The molecule has 0 aliphatic heterocycles. The van der Waals surface area contributed by atoms with Gasteiger partial charge in [-0.1, -0.05) is 12.1 Å². The van der Waals surface area contributed by atoms with Crippen molar-refractivity contribution in [3.63, 3.8) is 0 Å². The maximum atomic E-state index is 11.0. The van der Waals surface area contributed by atoms with Gasteiger partial charge in [-0.2, -0.15) is 0 Å². The third-order valence-corrected chi connectivity index (χ3v) is 2.81. The maximum absolute atomic E-state index is 11.0. The molecule has 0 bridgehead atoms. The van der Waals surface area contributed by atoms with Gasteiger partial charge in [0.15, 0.2) is 6.29 Å². The normalized spacial score (nSPS) is 10.9. The fraction of sp³-hybridized carbons (Fsp3) is 0.308. The Morgan fingerprint density at radius 2 is 2.25 bits per heavy atom. The number of carbonyl (C=O) groups excluding carboxylic acids is 1. The Hall–Kier alpha value is -1.61. The molecule has 0 unspecified atom stereocenters. The van der Waals surface area contributed by atoms with E-state index in [9.17, 15) is 4.79 Å². The largest absolute Gasteiger partial charge is 0.383 e. The third kappa shape index (κ3) is 1.74. The van der Waals surface area contributed by atoms with Gasteiger partial charge >= 0.3 is 0 Å². The molecule has 1 heterocycles. The van der Waals surface area contributed by atoms with E-state index in [1.807, 2.05) is 31.3 Å². The molecule has 0 aliphatic rings. The van der Waals surface area contributed by atoms with Crippen molar-refractivity contribution in [3.8, 4) is 0 Å². The zero-order valence-corrected chi connectivity index (χ0v) is 9.56. The summed E-state index contributed by atoms with van der Waals surface area (Å²) in [4.78, 5) is 11.0. The van der Waals surface area contributed by atoms with Crippen LogP contribution >= 0.6 is 0 Å². The molecular formula is C13H15NO2. The molecule has 0 aliphatic carbocycles. The van der Waals surface area contributed by atoms with Crippen LogP contribution in [0.15, 0.2) is 24.4 Å². The highest BCUT2D eigenvalue weighted by Crippen LogP contribution is 2.23. The van der Waals surface area contributed by atoms with E-state index in [2.05, 4.69) is 4.57 Å². The molecule has 0 spiro atoms. The van der Waals surface area contributed by atoms with Crippen molar-refractivity contribution in [1.82, 2.24) is 4.57 Å². The first-order valence-corrected chi connectivity index (χ1v) is 5.30. The van der Waals surface area contributed by atoms with E-state index in [1.54, 1.807) is 7.11 Å². The van der Waals surface area contributed by atoms with Gasteiger partial charge in [-0.15, -0.1) is 0 Å². The lowest BCUT2D eigenvalue weighted by Gasteiger charge is -2.04. The smallest absolute Gasteiger partial charge is 0.152 e. The summed E-state index contributed by atoms with van der Waals surface area (Å²) in [5.41, 5.74) is 2.99.